The lowest BCUT2D eigenvalue weighted by Gasteiger charge is -2.13. The largest absolute Gasteiger partial charge is 0.309 e. The van der Waals surface area contributed by atoms with Crippen LogP contribution in [0.2, 0.25) is 0 Å². The van der Waals surface area contributed by atoms with E-state index in [-0.39, 0.29) is 0 Å². The standard InChI is InChI=1S/C63H40N6/c1-3-17-41(18-4-1)42-33-35-43(36-34-42)61-64-62(44-19-15-23-47(39-44)68-54-29-11-7-25-49(54)50-26-8-12-30-55(50)68)66-63(65-61)45-20-16-24-48(40-45)69-56-31-13-9-27-51(56)52-37-38-58-59(60(52)69)53-28-10-14-32-57(53)67(58)46-21-5-2-6-22-46/h1-40H. The fourth-order valence-electron chi connectivity index (χ4n) is 10.6. The number of hydrogen-bond acceptors (Lipinski definition) is 3. The van der Waals surface area contributed by atoms with Crippen LogP contribution in [0, 0.1) is 0 Å². The Morgan fingerprint density at radius 2 is 0.623 bits per heavy atom. The Balaban J connectivity index is 0.974. The molecule has 322 valence electrons. The van der Waals surface area contributed by atoms with Crippen molar-refractivity contribution in [3.63, 3.8) is 0 Å². The minimum Gasteiger partial charge on any atom is -0.309 e. The number of benzene rings is 10. The van der Waals surface area contributed by atoms with Gasteiger partial charge in [0.1, 0.15) is 0 Å². The predicted octanol–water partition coefficient (Wildman–Crippen LogP) is 15.8. The van der Waals surface area contributed by atoms with Crippen molar-refractivity contribution < 1.29 is 0 Å². The van der Waals surface area contributed by atoms with Crippen LogP contribution in [0.5, 0.6) is 0 Å². The second-order valence-corrected chi connectivity index (χ2v) is 17.6. The van der Waals surface area contributed by atoms with E-state index >= 15 is 0 Å². The van der Waals surface area contributed by atoms with Crippen molar-refractivity contribution >= 4 is 65.4 Å². The number of para-hydroxylation sites is 5. The number of aromatic nitrogens is 6. The summed E-state index contributed by atoms with van der Waals surface area (Å²) in [6.45, 7) is 0. The first-order valence-electron chi connectivity index (χ1n) is 23.4. The van der Waals surface area contributed by atoms with E-state index in [1.807, 2.05) is 6.07 Å². The van der Waals surface area contributed by atoms with Crippen LogP contribution in [0.25, 0.3) is 128 Å². The summed E-state index contributed by atoms with van der Waals surface area (Å²) in [5.41, 5.74) is 15.1. The van der Waals surface area contributed by atoms with Gasteiger partial charge < -0.3 is 13.7 Å². The highest BCUT2D eigenvalue weighted by molar-refractivity contribution is 6.26. The van der Waals surface area contributed by atoms with Crippen molar-refractivity contribution in [1.82, 2.24) is 28.7 Å². The maximum absolute atomic E-state index is 5.34. The van der Waals surface area contributed by atoms with Crippen LogP contribution in [0.4, 0.5) is 0 Å². The van der Waals surface area contributed by atoms with Crippen LogP contribution in [0.3, 0.4) is 0 Å². The third kappa shape index (κ3) is 6.23. The van der Waals surface area contributed by atoms with Crippen LogP contribution in [-0.4, -0.2) is 28.7 Å². The molecule has 4 aromatic heterocycles. The lowest BCUT2D eigenvalue weighted by atomic mass is 10.0. The van der Waals surface area contributed by atoms with Crippen molar-refractivity contribution in [2.24, 2.45) is 0 Å². The SMILES string of the molecule is c1ccc(-c2ccc(-c3nc(-c4cccc(-n5c6ccccc6c6ccccc65)c4)nc(-c4cccc(-n5c6ccccc6c6ccc7c(c8ccccc8n7-c7ccccc7)c65)c4)n3)cc2)cc1. The lowest BCUT2D eigenvalue weighted by Crippen LogP contribution is -2.02. The summed E-state index contributed by atoms with van der Waals surface area (Å²) in [4.78, 5) is 15.9. The van der Waals surface area contributed by atoms with Crippen molar-refractivity contribution in [3.05, 3.63) is 243 Å². The molecule has 0 aliphatic heterocycles. The number of hydrogen-bond donors (Lipinski definition) is 0. The Hall–Kier alpha value is -9.39. The maximum Gasteiger partial charge on any atom is 0.164 e. The summed E-state index contributed by atoms with van der Waals surface area (Å²) < 4.78 is 7.15. The second-order valence-electron chi connectivity index (χ2n) is 17.6. The van der Waals surface area contributed by atoms with Crippen LogP contribution in [-0.2, 0) is 0 Å². The van der Waals surface area contributed by atoms with Gasteiger partial charge in [-0.1, -0.05) is 176 Å². The first-order valence-corrected chi connectivity index (χ1v) is 23.4. The highest BCUT2D eigenvalue weighted by atomic mass is 15.0. The van der Waals surface area contributed by atoms with Crippen LogP contribution in [0.15, 0.2) is 243 Å². The van der Waals surface area contributed by atoms with Crippen molar-refractivity contribution in [1.29, 1.82) is 0 Å². The average Bonchev–Trinajstić information content (AvgIpc) is 4.07. The summed E-state index contributed by atoms with van der Waals surface area (Å²) in [5.74, 6) is 1.80. The van der Waals surface area contributed by atoms with E-state index in [0.29, 0.717) is 17.5 Å². The first-order chi connectivity index (χ1) is 34.2. The third-order valence-corrected chi connectivity index (χ3v) is 13.7. The van der Waals surface area contributed by atoms with Gasteiger partial charge in [-0.15, -0.1) is 0 Å². The molecule has 6 heteroatoms. The van der Waals surface area contributed by atoms with Crippen molar-refractivity contribution in [2.45, 2.75) is 0 Å². The summed E-state index contributed by atoms with van der Waals surface area (Å²) in [7, 11) is 0. The van der Waals surface area contributed by atoms with Crippen LogP contribution in [0.1, 0.15) is 0 Å². The van der Waals surface area contributed by atoms with E-state index in [2.05, 4.69) is 250 Å². The van der Waals surface area contributed by atoms with E-state index in [0.717, 1.165) is 72.5 Å². The molecule has 69 heavy (non-hydrogen) atoms. The summed E-state index contributed by atoms with van der Waals surface area (Å²) in [5, 5.41) is 7.24. The van der Waals surface area contributed by atoms with Gasteiger partial charge >= 0.3 is 0 Å². The highest BCUT2D eigenvalue weighted by Gasteiger charge is 2.22. The normalized spacial score (nSPS) is 11.8. The molecular formula is C63H40N6. The molecule has 0 bridgehead atoms. The van der Waals surface area contributed by atoms with E-state index in [4.69, 9.17) is 15.0 Å². The quantitative estimate of drug-likeness (QED) is 0.160. The topological polar surface area (TPSA) is 53.5 Å². The third-order valence-electron chi connectivity index (χ3n) is 13.7. The van der Waals surface area contributed by atoms with Gasteiger partial charge in [0, 0.05) is 66.1 Å². The smallest absolute Gasteiger partial charge is 0.164 e. The Labute approximate surface area is 397 Å². The molecule has 6 nitrogen and oxygen atoms in total. The zero-order chi connectivity index (χ0) is 45.4. The molecule has 0 fully saturated rings. The van der Waals surface area contributed by atoms with Gasteiger partial charge in [0.15, 0.2) is 17.5 Å². The Morgan fingerprint density at radius 1 is 0.232 bits per heavy atom. The van der Waals surface area contributed by atoms with Crippen LogP contribution < -0.4 is 0 Å². The minimum absolute atomic E-state index is 0.595. The van der Waals surface area contributed by atoms with Gasteiger partial charge in [0.25, 0.3) is 0 Å². The van der Waals surface area contributed by atoms with Gasteiger partial charge in [-0.25, -0.2) is 15.0 Å². The average molecular weight is 881 g/mol. The van der Waals surface area contributed by atoms with Gasteiger partial charge in [0.2, 0.25) is 0 Å². The maximum atomic E-state index is 5.34. The van der Waals surface area contributed by atoms with E-state index in [1.54, 1.807) is 0 Å². The summed E-state index contributed by atoms with van der Waals surface area (Å²) in [6, 6.07) is 86.2. The Morgan fingerprint density at radius 3 is 1.22 bits per heavy atom. The molecule has 0 amide bonds. The zero-order valence-corrected chi connectivity index (χ0v) is 37.3. The molecule has 4 heterocycles. The molecule has 0 radical (unpaired) electrons. The summed E-state index contributed by atoms with van der Waals surface area (Å²) >= 11 is 0. The molecule has 0 unspecified atom stereocenters. The molecule has 0 aliphatic carbocycles. The second kappa shape index (κ2) is 15.6. The molecular weight excluding hydrogens is 841 g/mol. The molecule has 0 saturated heterocycles. The predicted molar refractivity (Wildman–Crippen MR) is 285 cm³/mol. The highest BCUT2D eigenvalue weighted by Crippen LogP contribution is 2.43. The molecule has 0 N–H and O–H groups in total. The fourth-order valence-corrected chi connectivity index (χ4v) is 10.6. The monoisotopic (exact) mass is 880 g/mol. The van der Waals surface area contributed by atoms with E-state index < -0.39 is 0 Å². The summed E-state index contributed by atoms with van der Waals surface area (Å²) in [6.07, 6.45) is 0. The van der Waals surface area contributed by atoms with Crippen molar-refractivity contribution in [2.75, 3.05) is 0 Å². The number of fused-ring (bicyclic) bond motifs is 10. The van der Waals surface area contributed by atoms with Gasteiger partial charge in [-0.3, -0.25) is 0 Å². The van der Waals surface area contributed by atoms with Crippen molar-refractivity contribution in [3.8, 4) is 62.4 Å². The Bertz CT molecular complexity index is 4240. The molecule has 0 saturated carbocycles. The number of rotatable bonds is 7. The zero-order valence-electron chi connectivity index (χ0n) is 37.3. The Kier molecular flexibility index (Phi) is 8.79. The molecule has 10 aromatic carbocycles. The van der Waals surface area contributed by atoms with Gasteiger partial charge in [-0.2, -0.15) is 0 Å². The van der Waals surface area contributed by atoms with Gasteiger partial charge in [0.05, 0.1) is 33.1 Å². The number of nitrogens with zero attached hydrogens (tertiary/aromatic N) is 6. The fraction of sp³-hybridized carbons (Fsp3) is 0. The molecule has 14 aromatic rings. The lowest BCUT2D eigenvalue weighted by molar-refractivity contribution is 1.07. The van der Waals surface area contributed by atoms with E-state index in [1.165, 1.54) is 37.8 Å². The molecule has 0 atom stereocenters. The molecule has 14 rings (SSSR count). The molecule has 0 aliphatic rings. The molecule has 0 spiro atoms. The van der Waals surface area contributed by atoms with E-state index in [9.17, 15) is 0 Å². The minimum atomic E-state index is 0.595. The van der Waals surface area contributed by atoms with Crippen LogP contribution >= 0.6 is 0 Å². The first kappa shape index (κ1) is 38.8. The van der Waals surface area contributed by atoms with Gasteiger partial charge in [-0.05, 0) is 77.9 Å².